The van der Waals surface area contributed by atoms with Crippen LogP contribution in [0.25, 0.3) is 0 Å². The van der Waals surface area contributed by atoms with Crippen molar-refractivity contribution in [3.05, 3.63) is 12.4 Å². The quantitative estimate of drug-likeness (QED) is 0.552. The molecule has 1 aromatic rings. The van der Waals surface area contributed by atoms with E-state index in [0.29, 0.717) is 0 Å². The van der Waals surface area contributed by atoms with E-state index in [-0.39, 0.29) is 0 Å². The number of hydrogen-bond donors (Lipinski definition) is 0. The lowest BCUT2D eigenvalue weighted by Gasteiger charge is -2.16. The normalized spacial score (nSPS) is 10.2. The molecule has 1 aromatic heterocycles. The second kappa shape index (κ2) is 5.86. The van der Waals surface area contributed by atoms with E-state index in [9.17, 15) is 0 Å². The van der Waals surface area contributed by atoms with Gasteiger partial charge in [0, 0.05) is 19.7 Å². The van der Waals surface area contributed by atoms with Gasteiger partial charge in [-0.1, -0.05) is 13.8 Å². The van der Waals surface area contributed by atoms with Crippen LogP contribution in [0, 0.1) is 0 Å². The van der Waals surface area contributed by atoms with Crippen LogP contribution in [0.3, 0.4) is 0 Å². The first-order chi connectivity index (χ1) is 6.77. The molecule has 0 fully saturated rings. The highest BCUT2D eigenvalue weighted by Gasteiger charge is 2.02. The van der Waals surface area contributed by atoms with Gasteiger partial charge in [-0.05, 0) is 12.2 Å². The number of anilines is 1. The van der Waals surface area contributed by atoms with Gasteiger partial charge >= 0.3 is 0 Å². The van der Waals surface area contributed by atoms with Gasteiger partial charge in [0.05, 0.1) is 0 Å². The Morgan fingerprint density at radius 2 is 2.14 bits per heavy atom. The molecule has 0 atom stereocenters. The first-order valence-electron chi connectivity index (χ1n) is 4.94. The van der Waals surface area contributed by atoms with E-state index in [2.05, 4.69) is 35.8 Å². The summed E-state index contributed by atoms with van der Waals surface area (Å²) in [5.41, 5.74) is 0. The van der Waals surface area contributed by atoms with Gasteiger partial charge in [0.1, 0.15) is 17.2 Å². The molecule has 14 heavy (non-hydrogen) atoms. The van der Waals surface area contributed by atoms with Gasteiger partial charge in [0.25, 0.3) is 0 Å². The summed E-state index contributed by atoms with van der Waals surface area (Å²) in [7, 11) is 2.06. The molecule has 0 unspecified atom stereocenters. The summed E-state index contributed by atoms with van der Waals surface area (Å²) in [5, 5.41) is 1.06. The standard InChI is InChI=1S/C10H17N3S/c1-4-6-13(3)9-7-10(14-5-2)12-8-11-9/h7-8H,4-6H2,1-3H3. The summed E-state index contributed by atoms with van der Waals surface area (Å²) in [6, 6.07) is 2.05. The molecule has 0 bridgehead atoms. The molecule has 0 radical (unpaired) electrons. The van der Waals surface area contributed by atoms with Crippen LogP contribution in [0.4, 0.5) is 5.82 Å². The summed E-state index contributed by atoms with van der Waals surface area (Å²) >= 11 is 1.75. The molecular formula is C10H17N3S. The summed E-state index contributed by atoms with van der Waals surface area (Å²) in [6.45, 7) is 5.33. The molecule has 0 saturated heterocycles. The zero-order chi connectivity index (χ0) is 10.4. The van der Waals surface area contributed by atoms with Gasteiger partial charge < -0.3 is 4.90 Å². The predicted molar refractivity (Wildman–Crippen MR) is 62.0 cm³/mol. The Bertz CT molecular complexity index is 278. The Kier molecular flexibility index (Phi) is 4.73. The third-order valence-electron chi connectivity index (χ3n) is 1.87. The van der Waals surface area contributed by atoms with Crippen LogP contribution in [0.15, 0.2) is 17.4 Å². The van der Waals surface area contributed by atoms with Gasteiger partial charge in [-0.25, -0.2) is 9.97 Å². The first kappa shape index (κ1) is 11.3. The van der Waals surface area contributed by atoms with Crippen LogP contribution < -0.4 is 4.90 Å². The SMILES string of the molecule is CCCN(C)c1cc(SCC)ncn1. The van der Waals surface area contributed by atoms with Crippen molar-refractivity contribution in [3.8, 4) is 0 Å². The Morgan fingerprint density at radius 3 is 2.79 bits per heavy atom. The molecule has 0 aliphatic rings. The van der Waals surface area contributed by atoms with E-state index in [1.807, 2.05) is 6.07 Å². The average molecular weight is 211 g/mol. The van der Waals surface area contributed by atoms with Crippen LogP contribution in [0.2, 0.25) is 0 Å². The van der Waals surface area contributed by atoms with Gasteiger partial charge in [0.2, 0.25) is 0 Å². The fraction of sp³-hybridized carbons (Fsp3) is 0.600. The lowest BCUT2D eigenvalue weighted by molar-refractivity contribution is 0.828. The molecule has 1 rings (SSSR count). The van der Waals surface area contributed by atoms with Gasteiger partial charge in [-0.3, -0.25) is 0 Å². The van der Waals surface area contributed by atoms with Crippen molar-refractivity contribution >= 4 is 17.6 Å². The molecule has 0 amide bonds. The predicted octanol–water partition coefficient (Wildman–Crippen LogP) is 2.43. The minimum atomic E-state index is 1.01. The Labute approximate surface area is 89.9 Å². The molecular weight excluding hydrogens is 194 g/mol. The van der Waals surface area contributed by atoms with Crippen LogP contribution in [-0.4, -0.2) is 29.3 Å². The van der Waals surface area contributed by atoms with Crippen molar-refractivity contribution in [2.24, 2.45) is 0 Å². The van der Waals surface area contributed by atoms with Gasteiger partial charge in [-0.2, -0.15) is 0 Å². The fourth-order valence-corrected chi connectivity index (χ4v) is 1.82. The lowest BCUT2D eigenvalue weighted by Crippen LogP contribution is -2.19. The Hall–Kier alpha value is -0.770. The monoisotopic (exact) mass is 211 g/mol. The van der Waals surface area contributed by atoms with Crippen LogP contribution in [0.1, 0.15) is 20.3 Å². The molecule has 0 aliphatic heterocycles. The zero-order valence-corrected chi connectivity index (χ0v) is 9.84. The van der Waals surface area contributed by atoms with Crippen molar-refractivity contribution in [1.29, 1.82) is 0 Å². The van der Waals surface area contributed by atoms with E-state index in [4.69, 9.17) is 0 Å². The average Bonchev–Trinajstić information content (AvgIpc) is 2.19. The number of nitrogens with zero attached hydrogens (tertiary/aromatic N) is 3. The molecule has 0 saturated carbocycles. The maximum absolute atomic E-state index is 4.24. The summed E-state index contributed by atoms with van der Waals surface area (Å²) in [6.07, 6.45) is 2.77. The van der Waals surface area contributed by atoms with Crippen molar-refractivity contribution < 1.29 is 0 Å². The van der Waals surface area contributed by atoms with Crippen LogP contribution in [0.5, 0.6) is 0 Å². The molecule has 4 heteroatoms. The van der Waals surface area contributed by atoms with Crippen molar-refractivity contribution in [2.75, 3.05) is 24.2 Å². The smallest absolute Gasteiger partial charge is 0.132 e. The first-order valence-corrected chi connectivity index (χ1v) is 5.92. The highest BCUT2D eigenvalue weighted by molar-refractivity contribution is 7.99. The van der Waals surface area contributed by atoms with E-state index in [1.54, 1.807) is 18.1 Å². The number of aromatic nitrogens is 2. The number of hydrogen-bond acceptors (Lipinski definition) is 4. The van der Waals surface area contributed by atoms with Gasteiger partial charge in [0.15, 0.2) is 0 Å². The summed E-state index contributed by atoms with van der Waals surface area (Å²) in [4.78, 5) is 10.6. The topological polar surface area (TPSA) is 29.0 Å². The highest BCUT2D eigenvalue weighted by atomic mass is 32.2. The van der Waals surface area contributed by atoms with Crippen LogP contribution in [-0.2, 0) is 0 Å². The van der Waals surface area contributed by atoms with E-state index in [1.165, 1.54) is 0 Å². The Balaban J connectivity index is 2.71. The molecule has 0 N–H and O–H groups in total. The summed E-state index contributed by atoms with van der Waals surface area (Å²) < 4.78 is 0. The minimum Gasteiger partial charge on any atom is -0.360 e. The van der Waals surface area contributed by atoms with Crippen molar-refractivity contribution in [2.45, 2.75) is 25.3 Å². The van der Waals surface area contributed by atoms with Crippen molar-refractivity contribution in [1.82, 2.24) is 9.97 Å². The Morgan fingerprint density at radius 1 is 1.36 bits per heavy atom. The molecule has 0 aromatic carbocycles. The van der Waals surface area contributed by atoms with Gasteiger partial charge in [-0.15, -0.1) is 11.8 Å². The van der Waals surface area contributed by atoms with Crippen LogP contribution >= 0.6 is 11.8 Å². The number of rotatable bonds is 5. The molecule has 3 nitrogen and oxygen atoms in total. The van der Waals surface area contributed by atoms with Crippen molar-refractivity contribution in [3.63, 3.8) is 0 Å². The zero-order valence-electron chi connectivity index (χ0n) is 9.03. The molecule has 0 spiro atoms. The number of thioether (sulfide) groups is 1. The second-order valence-electron chi connectivity index (χ2n) is 3.07. The highest BCUT2D eigenvalue weighted by Crippen LogP contribution is 2.18. The molecule has 78 valence electrons. The molecule has 1 heterocycles. The maximum Gasteiger partial charge on any atom is 0.132 e. The molecule has 0 aliphatic carbocycles. The third kappa shape index (κ3) is 3.18. The lowest BCUT2D eigenvalue weighted by atomic mass is 10.4. The third-order valence-corrected chi connectivity index (χ3v) is 2.68. The summed E-state index contributed by atoms with van der Waals surface area (Å²) in [5.74, 6) is 2.06. The largest absolute Gasteiger partial charge is 0.360 e. The van der Waals surface area contributed by atoms with E-state index < -0.39 is 0 Å². The maximum atomic E-state index is 4.24. The van der Waals surface area contributed by atoms with E-state index >= 15 is 0 Å². The minimum absolute atomic E-state index is 1.01. The second-order valence-corrected chi connectivity index (χ2v) is 4.35. The fourth-order valence-electron chi connectivity index (χ4n) is 1.22. The van der Waals surface area contributed by atoms with E-state index in [0.717, 1.165) is 29.6 Å².